The first-order valence-corrected chi connectivity index (χ1v) is 12.0. The van der Waals surface area contributed by atoms with E-state index >= 15 is 0 Å². The summed E-state index contributed by atoms with van der Waals surface area (Å²) in [6.45, 7) is 3.95. The molecule has 3 aromatic rings. The van der Waals surface area contributed by atoms with Gasteiger partial charge in [-0.05, 0) is 42.7 Å². The van der Waals surface area contributed by atoms with Gasteiger partial charge in [-0.25, -0.2) is 24.8 Å². The Kier molecular flexibility index (Phi) is 9.40. The molecule has 1 heterocycles. The van der Waals surface area contributed by atoms with Crippen LogP contribution in [0.4, 0.5) is 0 Å². The van der Waals surface area contributed by atoms with Crippen LogP contribution in [0.3, 0.4) is 0 Å². The summed E-state index contributed by atoms with van der Waals surface area (Å²) < 4.78 is 1.73. The third kappa shape index (κ3) is 7.05. The summed E-state index contributed by atoms with van der Waals surface area (Å²) in [5.74, 6) is -2.98. The highest BCUT2D eigenvalue weighted by Crippen LogP contribution is 2.26. The SMILES string of the molecule is CC(C)CC(C(=O)Nn1c(=O)[nH]n(Cc2ccccc2)c1=O)[C@@H](CCCc1ccccc1)C(=O)NO. The molecule has 10 nitrogen and oxygen atoms in total. The van der Waals surface area contributed by atoms with Crippen molar-refractivity contribution in [2.24, 2.45) is 17.8 Å². The number of aryl methyl sites for hydroxylation is 1. The standard InChI is InChI=1S/C26H33N5O5/c1-18(2)16-22(21(24(33)29-36)15-9-14-19-10-5-3-6-11-19)23(32)27-31-25(34)28-30(26(31)35)17-20-12-7-4-8-13-20/h3-8,10-13,18,21-22,36H,9,14-17H2,1-2H3,(H,27,32)(H,28,34)(H,29,33)/t21-,22?/m1/s1. The van der Waals surface area contributed by atoms with Gasteiger partial charge in [0, 0.05) is 0 Å². The summed E-state index contributed by atoms with van der Waals surface area (Å²) >= 11 is 0. The van der Waals surface area contributed by atoms with E-state index in [1.807, 2.05) is 74.5 Å². The second kappa shape index (κ2) is 12.7. The molecule has 0 aliphatic carbocycles. The van der Waals surface area contributed by atoms with E-state index in [2.05, 4.69) is 10.5 Å². The van der Waals surface area contributed by atoms with Crippen LogP contribution >= 0.6 is 0 Å². The molecular weight excluding hydrogens is 462 g/mol. The molecule has 0 radical (unpaired) electrons. The van der Waals surface area contributed by atoms with Gasteiger partial charge in [0.25, 0.3) is 0 Å². The summed E-state index contributed by atoms with van der Waals surface area (Å²) in [4.78, 5) is 51.2. The molecular formula is C26H33N5O5. The number of hydrogen-bond donors (Lipinski definition) is 4. The first-order valence-electron chi connectivity index (χ1n) is 12.0. The van der Waals surface area contributed by atoms with Crippen molar-refractivity contribution in [2.75, 3.05) is 5.43 Å². The van der Waals surface area contributed by atoms with Crippen LogP contribution in [0.25, 0.3) is 0 Å². The predicted octanol–water partition coefficient (Wildman–Crippen LogP) is 2.26. The van der Waals surface area contributed by atoms with Crippen LogP contribution in [0.2, 0.25) is 0 Å². The molecule has 0 bridgehead atoms. The second-order valence-corrected chi connectivity index (χ2v) is 9.28. The Bertz CT molecular complexity index is 1250. The molecule has 4 N–H and O–H groups in total. The fourth-order valence-electron chi connectivity index (χ4n) is 4.32. The molecule has 0 fully saturated rings. The first-order chi connectivity index (χ1) is 17.3. The van der Waals surface area contributed by atoms with Crippen LogP contribution in [0.15, 0.2) is 70.3 Å². The lowest BCUT2D eigenvalue weighted by Gasteiger charge is -2.26. The number of hydroxylamine groups is 1. The highest BCUT2D eigenvalue weighted by molar-refractivity contribution is 5.91. The molecule has 2 atom stereocenters. The van der Waals surface area contributed by atoms with Crippen LogP contribution in [-0.4, -0.2) is 31.5 Å². The van der Waals surface area contributed by atoms with E-state index in [4.69, 9.17) is 0 Å². The van der Waals surface area contributed by atoms with Gasteiger partial charge in [-0.2, -0.15) is 0 Å². The summed E-state index contributed by atoms with van der Waals surface area (Å²) in [6.07, 6.45) is 1.98. The minimum Gasteiger partial charge on any atom is -0.289 e. The lowest BCUT2D eigenvalue weighted by molar-refractivity contribution is -0.139. The van der Waals surface area contributed by atoms with Crippen LogP contribution in [0, 0.1) is 17.8 Å². The average molecular weight is 496 g/mol. The first kappa shape index (κ1) is 26.7. The fraction of sp³-hybridized carbons (Fsp3) is 0.385. The summed E-state index contributed by atoms with van der Waals surface area (Å²) in [7, 11) is 0. The van der Waals surface area contributed by atoms with Crippen LogP contribution in [-0.2, 0) is 22.6 Å². The highest BCUT2D eigenvalue weighted by Gasteiger charge is 2.34. The Labute approximate surface area is 208 Å². The maximum atomic E-state index is 13.3. The van der Waals surface area contributed by atoms with Crippen molar-refractivity contribution in [3.63, 3.8) is 0 Å². The van der Waals surface area contributed by atoms with E-state index in [0.717, 1.165) is 15.8 Å². The number of H-pyrrole nitrogens is 1. The van der Waals surface area contributed by atoms with Gasteiger partial charge in [0.1, 0.15) is 0 Å². The van der Waals surface area contributed by atoms with Crippen molar-refractivity contribution in [2.45, 2.75) is 46.1 Å². The lowest BCUT2D eigenvalue weighted by atomic mass is 9.81. The van der Waals surface area contributed by atoms with Gasteiger partial charge < -0.3 is 0 Å². The number of benzene rings is 2. The Balaban J connectivity index is 1.79. The van der Waals surface area contributed by atoms with Crippen molar-refractivity contribution < 1.29 is 14.8 Å². The number of nitrogens with one attached hydrogen (secondary N) is 3. The van der Waals surface area contributed by atoms with Crippen molar-refractivity contribution in [3.8, 4) is 0 Å². The van der Waals surface area contributed by atoms with Crippen molar-refractivity contribution in [1.82, 2.24) is 19.9 Å². The number of aromatic nitrogens is 3. The van der Waals surface area contributed by atoms with E-state index in [-0.39, 0.29) is 12.5 Å². The van der Waals surface area contributed by atoms with Crippen molar-refractivity contribution in [1.29, 1.82) is 0 Å². The Morgan fingerprint density at radius 3 is 2.11 bits per heavy atom. The maximum absolute atomic E-state index is 13.3. The van der Waals surface area contributed by atoms with Gasteiger partial charge in [-0.15, -0.1) is 4.68 Å². The zero-order valence-electron chi connectivity index (χ0n) is 20.5. The van der Waals surface area contributed by atoms with E-state index in [9.17, 15) is 24.4 Å². The van der Waals surface area contributed by atoms with E-state index < -0.39 is 35.0 Å². The van der Waals surface area contributed by atoms with E-state index in [0.29, 0.717) is 30.4 Å². The molecule has 192 valence electrons. The van der Waals surface area contributed by atoms with Crippen LogP contribution in [0.5, 0.6) is 0 Å². The quantitative estimate of drug-likeness (QED) is 0.226. The summed E-state index contributed by atoms with van der Waals surface area (Å²) in [5, 5.41) is 11.8. The van der Waals surface area contributed by atoms with Crippen LogP contribution in [0.1, 0.15) is 44.2 Å². The topological polar surface area (TPSA) is 138 Å². The monoisotopic (exact) mass is 495 g/mol. The van der Waals surface area contributed by atoms with Crippen molar-refractivity contribution >= 4 is 11.8 Å². The molecule has 0 aliphatic heterocycles. The molecule has 1 unspecified atom stereocenters. The maximum Gasteiger partial charge on any atom is 0.366 e. The minimum atomic E-state index is -0.864. The Morgan fingerprint density at radius 2 is 1.53 bits per heavy atom. The molecule has 2 aromatic carbocycles. The van der Waals surface area contributed by atoms with E-state index in [1.165, 1.54) is 0 Å². The van der Waals surface area contributed by atoms with Crippen LogP contribution < -0.4 is 22.3 Å². The van der Waals surface area contributed by atoms with Crippen molar-refractivity contribution in [3.05, 3.63) is 92.8 Å². The highest BCUT2D eigenvalue weighted by atomic mass is 16.5. The number of hydrogen-bond acceptors (Lipinski definition) is 5. The van der Waals surface area contributed by atoms with Gasteiger partial charge in [0.15, 0.2) is 0 Å². The minimum absolute atomic E-state index is 0.0431. The summed E-state index contributed by atoms with van der Waals surface area (Å²) in [6, 6.07) is 18.9. The third-order valence-electron chi connectivity index (χ3n) is 6.08. The van der Waals surface area contributed by atoms with Gasteiger partial charge >= 0.3 is 11.4 Å². The van der Waals surface area contributed by atoms with E-state index in [1.54, 1.807) is 5.48 Å². The third-order valence-corrected chi connectivity index (χ3v) is 6.08. The Hall–Kier alpha value is -3.92. The smallest absolute Gasteiger partial charge is 0.289 e. The number of amides is 2. The number of aromatic amines is 1. The molecule has 0 saturated heterocycles. The predicted molar refractivity (Wildman–Crippen MR) is 135 cm³/mol. The average Bonchev–Trinajstić information content (AvgIpc) is 3.13. The zero-order chi connectivity index (χ0) is 26.1. The molecule has 2 amide bonds. The zero-order valence-corrected chi connectivity index (χ0v) is 20.5. The largest absolute Gasteiger partial charge is 0.366 e. The molecule has 0 spiro atoms. The fourth-order valence-corrected chi connectivity index (χ4v) is 4.32. The molecule has 3 rings (SSSR count). The number of carbonyl (C=O) groups excluding carboxylic acids is 2. The molecule has 1 aromatic heterocycles. The summed E-state index contributed by atoms with van der Waals surface area (Å²) in [5.41, 5.74) is 4.46. The molecule has 36 heavy (non-hydrogen) atoms. The normalized spacial score (nSPS) is 12.8. The van der Waals surface area contributed by atoms with Gasteiger partial charge in [0.2, 0.25) is 11.8 Å². The molecule has 10 heteroatoms. The molecule has 0 saturated carbocycles. The van der Waals surface area contributed by atoms with Gasteiger partial charge in [-0.1, -0.05) is 74.5 Å². The molecule has 0 aliphatic rings. The van der Waals surface area contributed by atoms with Gasteiger partial charge in [-0.3, -0.25) is 20.2 Å². The Morgan fingerprint density at radius 1 is 0.917 bits per heavy atom. The second-order valence-electron chi connectivity index (χ2n) is 9.28. The van der Waals surface area contributed by atoms with Gasteiger partial charge in [0.05, 0.1) is 18.4 Å². The number of rotatable bonds is 12. The number of carbonyl (C=O) groups is 2. The number of nitrogens with zero attached hydrogens (tertiary/aromatic N) is 2. The lowest BCUT2D eigenvalue weighted by Crippen LogP contribution is -2.46.